The summed E-state index contributed by atoms with van der Waals surface area (Å²) in [6.07, 6.45) is 13.1. The number of halogens is 2. The van der Waals surface area contributed by atoms with Gasteiger partial charge in [0.2, 0.25) is 5.82 Å². The Hall–Kier alpha value is -2.04. The van der Waals surface area contributed by atoms with Crippen molar-refractivity contribution in [3.8, 4) is 17.1 Å². The Bertz CT molecular complexity index is 659. The number of unbranched alkanes of at least 4 members (excludes halogenated alkanes) is 6. The molecule has 0 fully saturated rings. The first-order valence-corrected chi connectivity index (χ1v) is 9.00. The van der Waals surface area contributed by atoms with Crippen molar-refractivity contribution in [1.82, 2.24) is 9.97 Å². The molecule has 0 unspecified atom stereocenters. The van der Waals surface area contributed by atoms with Crippen LogP contribution in [0.25, 0.3) is 11.4 Å². The second-order valence-electron chi connectivity index (χ2n) is 6.23. The summed E-state index contributed by atoms with van der Waals surface area (Å²) < 4.78 is 32.6. The van der Waals surface area contributed by atoms with Gasteiger partial charge in [-0.05, 0) is 30.5 Å². The Morgan fingerprint density at radius 1 is 0.880 bits per heavy atom. The molecule has 25 heavy (non-hydrogen) atoms. The number of aromatic nitrogens is 2. The topological polar surface area (TPSA) is 35.0 Å². The zero-order valence-electron chi connectivity index (χ0n) is 15.0. The van der Waals surface area contributed by atoms with Crippen LogP contribution in [0.3, 0.4) is 0 Å². The van der Waals surface area contributed by atoms with Crippen molar-refractivity contribution in [2.24, 2.45) is 0 Å². The predicted octanol–water partition coefficient (Wildman–Crippen LogP) is 5.72. The van der Waals surface area contributed by atoms with E-state index in [0.717, 1.165) is 18.4 Å². The highest BCUT2D eigenvalue weighted by Gasteiger charge is 2.16. The Morgan fingerprint density at radius 2 is 1.52 bits per heavy atom. The molecule has 0 spiro atoms. The average Bonchev–Trinajstić information content (AvgIpc) is 2.64. The molecular formula is C20H26F2N2O. The second kappa shape index (κ2) is 10.1. The fourth-order valence-corrected chi connectivity index (χ4v) is 2.77. The minimum atomic E-state index is -1.02. The fourth-order valence-electron chi connectivity index (χ4n) is 2.77. The molecular weight excluding hydrogens is 322 g/mol. The van der Waals surface area contributed by atoms with Gasteiger partial charge in [-0.25, -0.2) is 14.4 Å². The third-order valence-electron chi connectivity index (χ3n) is 4.28. The van der Waals surface area contributed by atoms with E-state index >= 15 is 0 Å². The van der Waals surface area contributed by atoms with Crippen molar-refractivity contribution < 1.29 is 13.5 Å². The van der Waals surface area contributed by atoms with Gasteiger partial charge in [0.15, 0.2) is 17.4 Å². The van der Waals surface area contributed by atoms with Crippen LogP contribution in [0, 0.1) is 11.6 Å². The highest BCUT2D eigenvalue weighted by molar-refractivity contribution is 5.57. The molecule has 0 saturated carbocycles. The van der Waals surface area contributed by atoms with Crippen molar-refractivity contribution >= 4 is 0 Å². The number of aryl methyl sites for hydroxylation is 1. The minimum Gasteiger partial charge on any atom is -0.494 e. The molecule has 1 heterocycles. The van der Waals surface area contributed by atoms with Crippen LogP contribution in [0.15, 0.2) is 24.5 Å². The largest absolute Gasteiger partial charge is 0.494 e. The molecule has 0 aliphatic rings. The Balaban J connectivity index is 1.89. The average molecular weight is 348 g/mol. The van der Waals surface area contributed by atoms with Crippen LogP contribution in [0.5, 0.6) is 5.75 Å². The molecule has 0 N–H and O–H groups in total. The predicted molar refractivity (Wildman–Crippen MR) is 95.6 cm³/mol. The van der Waals surface area contributed by atoms with Crippen LogP contribution >= 0.6 is 0 Å². The number of benzene rings is 1. The van der Waals surface area contributed by atoms with Gasteiger partial charge in [-0.1, -0.05) is 45.4 Å². The highest BCUT2D eigenvalue weighted by Crippen LogP contribution is 2.27. The molecule has 136 valence electrons. The van der Waals surface area contributed by atoms with Gasteiger partial charge in [-0.2, -0.15) is 4.39 Å². The summed E-state index contributed by atoms with van der Waals surface area (Å²) in [5.74, 6) is -1.95. The maximum atomic E-state index is 14.1. The highest BCUT2D eigenvalue weighted by atomic mass is 19.2. The van der Waals surface area contributed by atoms with Crippen LogP contribution < -0.4 is 4.74 Å². The van der Waals surface area contributed by atoms with Gasteiger partial charge in [-0.15, -0.1) is 0 Å². The summed E-state index contributed by atoms with van der Waals surface area (Å²) >= 11 is 0. The maximum Gasteiger partial charge on any atom is 0.201 e. The van der Waals surface area contributed by atoms with Crippen LogP contribution in [0.4, 0.5) is 8.78 Å². The van der Waals surface area contributed by atoms with E-state index in [1.807, 2.05) is 0 Å². The van der Waals surface area contributed by atoms with Crippen LogP contribution in [-0.4, -0.2) is 17.1 Å². The van der Waals surface area contributed by atoms with Gasteiger partial charge in [-0.3, -0.25) is 0 Å². The lowest BCUT2D eigenvalue weighted by atomic mass is 10.1. The molecule has 3 nitrogen and oxygen atoms in total. The first kappa shape index (κ1) is 19.3. The SMILES string of the molecule is CCCCCCCCCc1cnc(-c2ccc(OC)c(F)c2F)nc1. The summed E-state index contributed by atoms with van der Waals surface area (Å²) in [5.41, 5.74) is 1.06. The van der Waals surface area contributed by atoms with E-state index in [-0.39, 0.29) is 17.1 Å². The molecule has 2 rings (SSSR count). The Kier molecular flexibility index (Phi) is 7.76. The molecule has 0 aliphatic carbocycles. The summed E-state index contributed by atoms with van der Waals surface area (Å²) in [7, 11) is 1.30. The van der Waals surface area contributed by atoms with Crippen molar-refractivity contribution in [2.45, 2.75) is 58.3 Å². The van der Waals surface area contributed by atoms with Gasteiger partial charge >= 0.3 is 0 Å². The third-order valence-corrected chi connectivity index (χ3v) is 4.28. The van der Waals surface area contributed by atoms with Crippen molar-refractivity contribution in [3.63, 3.8) is 0 Å². The van der Waals surface area contributed by atoms with Crippen LogP contribution in [0.2, 0.25) is 0 Å². The standard InChI is InChI=1S/C20H26F2N2O/c1-3-4-5-6-7-8-9-10-15-13-23-20(24-14-15)16-11-12-17(25-2)19(22)18(16)21/h11-14H,3-10H2,1-2H3. The lowest BCUT2D eigenvalue weighted by Crippen LogP contribution is -1.99. The normalized spacial score (nSPS) is 10.9. The van der Waals surface area contributed by atoms with E-state index in [2.05, 4.69) is 16.9 Å². The quantitative estimate of drug-likeness (QED) is 0.515. The van der Waals surface area contributed by atoms with E-state index < -0.39 is 11.6 Å². The number of ether oxygens (including phenoxy) is 1. The summed E-state index contributed by atoms with van der Waals surface area (Å²) in [6.45, 7) is 2.22. The fraction of sp³-hybridized carbons (Fsp3) is 0.500. The van der Waals surface area contributed by atoms with E-state index in [1.165, 1.54) is 57.8 Å². The van der Waals surface area contributed by atoms with E-state index in [1.54, 1.807) is 12.4 Å². The first-order chi connectivity index (χ1) is 12.2. The molecule has 0 aliphatic heterocycles. The number of methoxy groups -OCH3 is 1. The molecule has 0 bridgehead atoms. The number of rotatable bonds is 10. The van der Waals surface area contributed by atoms with Gasteiger partial charge in [0.05, 0.1) is 12.7 Å². The lowest BCUT2D eigenvalue weighted by molar-refractivity contribution is 0.372. The zero-order chi connectivity index (χ0) is 18.1. The molecule has 1 aromatic carbocycles. The van der Waals surface area contributed by atoms with E-state index in [9.17, 15) is 8.78 Å². The minimum absolute atomic E-state index is 0.0424. The van der Waals surface area contributed by atoms with Crippen LogP contribution in [0.1, 0.15) is 57.4 Å². The number of hydrogen-bond donors (Lipinski definition) is 0. The molecule has 5 heteroatoms. The van der Waals surface area contributed by atoms with Gasteiger partial charge in [0, 0.05) is 12.4 Å². The third kappa shape index (κ3) is 5.48. The monoisotopic (exact) mass is 348 g/mol. The van der Waals surface area contributed by atoms with Gasteiger partial charge in [0.1, 0.15) is 0 Å². The number of hydrogen-bond acceptors (Lipinski definition) is 3. The Morgan fingerprint density at radius 3 is 2.16 bits per heavy atom. The van der Waals surface area contributed by atoms with Gasteiger partial charge < -0.3 is 4.74 Å². The zero-order valence-corrected chi connectivity index (χ0v) is 15.0. The maximum absolute atomic E-state index is 14.1. The van der Waals surface area contributed by atoms with Crippen molar-refractivity contribution in [2.75, 3.05) is 7.11 Å². The Labute approximate surface area is 148 Å². The molecule has 0 saturated heterocycles. The van der Waals surface area contributed by atoms with E-state index in [4.69, 9.17) is 4.74 Å². The summed E-state index contributed by atoms with van der Waals surface area (Å²) in [5, 5.41) is 0. The second-order valence-corrected chi connectivity index (χ2v) is 6.23. The molecule has 0 radical (unpaired) electrons. The molecule has 1 aromatic heterocycles. The molecule has 0 atom stereocenters. The molecule has 0 amide bonds. The van der Waals surface area contributed by atoms with Crippen LogP contribution in [-0.2, 0) is 6.42 Å². The van der Waals surface area contributed by atoms with Gasteiger partial charge in [0.25, 0.3) is 0 Å². The lowest BCUT2D eigenvalue weighted by Gasteiger charge is -2.07. The van der Waals surface area contributed by atoms with E-state index in [0.29, 0.717) is 0 Å². The first-order valence-electron chi connectivity index (χ1n) is 9.00. The summed E-state index contributed by atoms with van der Waals surface area (Å²) in [4.78, 5) is 8.37. The smallest absolute Gasteiger partial charge is 0.201 e. The summed E-state index contributed by atoms with van der Waals surface area (Å²) in [6, 6.07) is 2.81. The molecule has 2 aromatic rings. The number of nitrogens with zero attached hydrogens (tertiary/aromatic N) is 2. The van der Waals surface area contributed by atoms with Crippen molar-refractivity contribution in [3.05, 3.63) is 41.7 Å². The van der Waals surface area contributed by atoms with Crippen molar-refractivity contribution in [1.29, 1.82) is 0 Å².